The first-order valence-electron chi connectivity index (χ1n) is 6.24. The Labute approximate surface area is 106 Å². The molecule has 1 rings (SSSR count). The quantitative estimate of drug-likeness (QED) is 0.719. The molecule has 1 unspecified atom stereocenters. The molecule has 4 nitrogen and oxygen atoms in total. The number of aliphatic hydroxyl groups excluding tert-OH is 1. The van der Waals surface area contributed by atoms with Crippen LogP contribution in [0.5, 0.6) is 0 Å². The van der Waals surface area contributed by atoms with Gasteiger partial charge < -0.3 is 10.4 Å². The van der Waals surface area contributed by atoms with Crippen LogP contribution in [0.3, 0.4) is 0 Å². The van der Waals surface area contributed by atoms with Gasteiger partial charge in [-0.05, 0) is 13.5 Å². The van der Waals surface area contributed by atoms with E-state index in [2.05, 4.69) is 10.2 Å². The Morgan fingerprint density at radius 3 is 2.17 bits per heavy atom. The SMILES string of the molecule is CNC(CCO)CN1CCN(CC(F)(F)F)CC1. The fourth-order valence-corrected chi connectivity index (χ4v) is 2.18. The van der Waals surface area contributed by atoms with Crippen LogP contribution in [-0.2, 0) is 0 Å². The molecule has 0 radical (unpaired) electrons. The topological polar surface area (TPSA) is 38.7 Å². The van der Waals surface area contributed by atoms with Gasteiger partial charge in [0.1, 0.15) is 0 Å². The molecule has 0 saturated carbocycles. The normalized spacial score (nSPS) is 21.2. The molecule has 2 N–H and O–H groups in total. The van der Waals surface area contributed by atoms with Crippen LogP contribution in [0.2, 0.25) is 0 Å². The lowest BCUT2D eigenvalue weighted by atomic mass is 10.2. The number of piperazine rings is 1. The van der Waals surface area contributed by atoms with Gasteiger partial charge in [-0.25, -0.2) is 0 Å². The van der Waals surface area contributed by atoms with Gasteiger partial charge in [0.15, 0.2) is 0 Å². The summed E-state index contributed by atoms with van der Waals surface area (Å²) >= 11 is 0. The number of nitrogens with one attached hydrogen (secondary N) is 1. The zero-order valence-corrected chi connectivity index (χ0v) is 10.7. The van der Waals surface area contributed by atoms with E-state index in [1.165, 1.54) is 4.90 Å². The molecule has 1 heterocycles. The first-order valence-corrected chi connectivity index (χ1v) is 6.24. The molecule has 0 spiro atoms. The monoisotopic (exact) mass is 269 g/mol. The highest BCUT2D eigenvalue weighted by Crippen LogP contribution is 2.17. The highest BCUT2D eigenvalue weighted by atomic mass is 19.4. The van der Waals surface area contributed by atoms with E-state index in [-0.39, 0.29) is 12.6 Å². The van der Waals surface area contributed by atoms with Gasteiger partial charge in [-0.1, -0.05) is 0 Å². The number of alkyl halides is 3. The fourth-order valence-electron chi connectivity index (χ4n) is 2.18. The average Bonchev–Trinajstić information content (AvgIpc) is 2.29. The Kier molecular flexibility index (Phi) is 6.34. The number of rotatable bonds is 6. The van der Waals surface area contributed by atoms with Crippen molar-refractivity contribution in [3.05, 3.63) is 0 Å². The van der Waals surface area contributed by atoms with Gasteiger partial charge in [0.2, 0.25) is 0 Å². The summed E-state index contributed by atoms with van der Waals surface area (Å²) in [4.78, 5) is 3.58. The van der Waals surface area contributed by atoms with Crippen LogP contribution in [0.4, 0.5) is 13.2 Å². The molecule has 1 atom stereocenters. The van der Waals surface area contributed by atoms with Crippen molar-refractivity contribution >= 4 is 0 Å². The van der Waals surface area contributed by atoms with Crippen molar-refractivity contribution in [3.8, 4) is 0 Å². The van der Waals surface area contributed by atoms with E-state index in [0.29, 0.717) is 32.6 Å². The van der Waals surface area contributed by atoms with Gasteiger partial charge in [-0.15, -0.1) is 0 Å². The van der Waals surface area contributed by atoms with Gasteiger partial charge >= 0.3 is 6.18 Å². The second-order valence-electron chi connectivity index (χ2n) is 4.69. The second-order valence-corrected chi connectivity index (χ2v) is 4.69. The minimum absolute atomic E-state index is 0.125. The van der Waals surface area contributed by atoms with E-state index in [4.69, 9.17) is 5.11 Å². The van der Waals surface area contributed by atoms with Crippen LogP contribution in [0, 0.1) is 0 Å². The Bertz CT molecular complexity index is 230. The first-order chi connectivity index (χ1) is 8.44. The molecule has 1 aliphatic heterocycles. The Balaban J connectivity index is 2.26. The molecule has 1 aliphatic rings. The van der Waals surface area contributed by atoms with Crippen LogP contribution in [-0.4, -0.2) is 80.0 Å². The van der Waals surface area contributed by atoms with Crippen LogP contribution in [0.1, 0.15) is 6.42 Å². The van der Waals surface area contributed by atoms with Crippen LogP contribution < -0.4 is 5.32 Å². The molecular weight excluding hydrogens is 247 g/mol. The van der Waals surface area contributed by atoms with Crippen molar-refractivity contribution in [2.24, 2.45) is 0 Å². The molecule has 0 aromatic rings. The molecule has 0 aromatic carbocycles. The van der Waals surface area contributed by atoms with E-state index in [1.54, 1.807) is 0 Å². The van der Waals surface area contributed by atoms with Crippen molar-refractivity contribution in [1.29, 1.82) is 0 Å². The molecule has 0 amide bonds. The standard InChI is InChI=1S/C11H22F3N3O/c1-15-10(2-7-18)8-16-3-5-17(6-4-16)9-11(12,13)14/h10,15,18H,2-9H2,1H3. The molecule has 0 aromatic heterocycles. The Morgan fingerprint density at radius 2 is 1.72 bits per heavy atom. The van der Waals surface area contributed by atoms with Crippen LogP contribution in [0.15, 0.2) is 0 Å². The van der Waals surface area contributed by atoms with Gasteiger partial charge in [0.05, 0.1) is 6.54 Å². The Morgan fingerprint density at radius 1 is 1.17 bits per heavy atom. The molecular formula is C11H22F3N3O. The smallest absolute Gasteiger partial charge is 0.396 e. The van der Waals surface area contributed by atoms with Crippen molar-refractivity contribution in [1.82, 2.24) is 15.1 Å². The lowest BCUT2D eigenvalue weighted by molar-refractivity contribution is -0.149. The van der Waals surface area contributed by atoms with E-state index in [9.17, 15) is 13.2 Å². The third-order valence-electron chi connectivity index (χ3n) is 3.23. The number of likely N-dealkylation sites (N-methyl/N-ethyl adjacent to an activating group) is 1. The Hall–Kier alpha value is -0.370. The molecule has 1 fully saturated rings. The second kappa shape index (κ2) is 7.28. The summed E-state index contributed by atoms with van der Waals surface area (Å²) in [6.07, 6.45) is -3.44. The summed E-state index contributed by atoms with van der Waals surface area (Å²) in [5.74, 6) is 0. The fraction of sp³-hybridized carbons (Fsp3) is 1.00. The molecule has 0 bridgehead atoms. The van der Waals surface area contributed by atoms with E-state index in [1.807, 2.05) is 7.05 Å². The molecule has 1 saturated heterocycles. The van der Waals surface area contributed by atoms with E-state index < -0.39 is 12.7 Å². The molecule has 7 heteroatoms. The van der Waals surface area contributed by atoms with Crippen molar-refractivity contribution in [3.63, 3.8) is 0 Å². The summed E-state index contributed by atoms with van der Waals surface area (Å²) in [6.45, 7) is 2.30. The minimum atomic E-state index is -4.10. The van der Waals surface area contributed by atoms with Crippen LogP contribution >= 0.6 is 0 Å². The molecule has 0 aliphatic carbocycles. The van der Waals surface area contributed by atoms with Crippen molar-refractivity contribution in [2.75, 3.05) is 52.9 Å². The predicted octanol–water partition coefficient (Wildman–Crippen LogP) is 0.137. The van der Waals surface area contributed by atoms with Crippen molar-refractivity contribution < 1.29 is 18.3 Å². The molecule has 18 heavy (non-hydrogen) atoms. The highest BCUT2D eigenvalue weighted by molar-refractivity contribution is 4.77. The van der Waals surface area contributed by atoms with Gasteiger partial charge in [-0.3, -0.25) is 9.80 Å². The lowest BCUT2D eigenvalue weighted by Gasteiger charge is -2.36. The summed E-state index contributed by atoms with van der Waals surface area (Å²) in [6, 6.07) is 0.198. The first kappa shape index (κ1) is 15.7. The third-order valence-corrected chi connectivity index (χ3v) is 3.23. The minimum Gasteiger partial charge on any atom is -0.396 e. The highest BCUT2D eigenvalue weighted by Gasteiger charge is 2.32. The summed E-state index contributed by atoms with van der Waals surface area (Å²) in [7, 11) is 1.83. The van der Waals surface area contributed by atoms with E-state index >= 15 is 0 Å². The number of hydrogen-bond acceptors (Lipinski definition) is 4. The van der Waals surface area contributed by atoms with Crippen LogP contribution in [0.25, 0.3) is 0 Å². The maximum Gasteiger partial charge on any atom is 0.401 e. The summed E-state index contributed by atoms with van der Waals surface area (Å²) < 4.78 is 36.6. The van der Waals surface area contributed by atoms with Gasteiger partial charge in [-0.2, -0.15) is 13.2 Å². The van der Waals surface area contributed by atoms with E-state index in [0.717, 1.165) is 6.54 Å². The zero-order valence-electron chi connectivity index (χ0n) is 10.7. The van der Waals surface area contributed by atoms with Gasteiger partial charge in [0.25, 0.3) is 0 Å². The van der Waals surface area contributed by atoms with Gasteiger partial charge in [0, 0.05) is 45.4 Å². The third kappa shape index (κ3) is 5.99. The zero-order chi connectivity index (χ0) is 13.6. The summed E-state index contributed by atoms with van der Waals surface area (Å²) in [5.41, 5.74) is 0. The number of hydrogen-bond donors (Lipinski definition) is 2. The number of halogens is 3. The number of aliphatic hydroxyl groups is 1. The largest absolute Gasteiger partial charge is 0.401 e. The lowest BCUT2D eigenvalue weighted by Crippen LogP contribution is -2.52. The predicted molar refractivity (Wildman–Crippen MR) is 63.5 cm³/mol. The molecule has 108 valence electrons. The van der Waals surface area contributed by atoms with Crippen molar-refractivity contribution in [2.45, 2.75) is 18.6 Å². The average molecular weight is 269 g/mol. The number of nitrogens with zero attached hydrogens (tertiary/aromatic N) is 2. The maximum absolute atomic E-state index is 12.2. The summed E-state index contributed by atoms with van der Waals surface area (Å²) in [5, 5.41) is 12.0. The maximum atomic E-state index is 12.2.